The van der Waals surface area contributed by atoms with Gasteiger partial charge in [-0.3, -0.25) is 9.59 Å². The predicted molar refractivity (Wildman–Crippen MR) is 94.6 cm³/mol. The van der Waals surface area contributed by atoms with Gasteiger partial charge in [0.15, 0.2) is 0 Å². The van der Waals surface area contributed by atoms with Crippen molar-refractivity contribution >= 4 is 17.5 Å². The van der Waals surface area contributed by atoms with Crippen molar-refractivity contribution < 1.29 is 9.59 Å². The molecule has 2 amide bonds. The number of hydrogen-bond donors (Lipinski definition) is 2. The maximum absolute atomic E-state index is 12.1. The van der Waals surface area contributed by atoms with Crippen LogP contribution in [0.4, 0.5) is 5.69 Å². The van der Waals surface area contributed by atoms with Crippen molar-refractivity contribution in [1.82, 2.24) is 10.2 Å². The third-order valence-corrected chi connectivity index (χ3v) is 3.43. The standard InChI is InChI=1S/C18H29N3O2/c1-18(2,3)14-9-6-7-10-15(14)20-17(23)13-16(22)19-11-8-12-21(4)5/h6-7,9-10H,8,11-13H2,1-5H3,(H,19,22)(H,20,23). The van der Waals surface area contributed by atoms with Gasteiger partial charge in [0.1, 0.15) is 6.42 Å². The lowest BCUT2D eigenvalue weighted by Gasteiger charge is -2.23. The summed E-state index contributed by atoms with van der Waals surface area (Å²) in [7, 11) is 3.98. The summed E-state index contributed by atoms with van der Waals surface area (Å²) in [5, 5.41) is 5.62. The molecule has 0 aliphatic rings. The Bertz CT molecular complexity index is 533. The van der Waals surface area contributed by atoms with E-state index in [2.05, 4.69) is 36.3 Å². The molecule has 2 N–H and O–H groups in total. The summed E-state index contributed by atoms with van der Waals surface area (Å²) in [6, 6.07) is 7.70. The van der Waals surface area contributed by atoms with E-state index in [1.165, 1.54) is 0 Å². The Kier molecular flexibility index (Phi) is 7.23. The van der Waals surface area contributed by atoms with Crippen molar-refractivity contribution in [3.8, 4) is 0 Å². The van der Waals surface area contributed by atoms with Crippen LogP contribution >= 0.6 is 0 Å². The largest absolute Gasteiger partial charge is 0.356 e. The number of benzene rings is 1. The first-order chi connectivity index (χ1) is 10.7. The smallest absolute Gasteiger partial charge is 0.233 e. The summed E-state index contributed by atoms with van der Waals surface area (Å²) in [5.41, 5.74) is 1.75. The molecule has 0 spiro atoms. The van der Waals surface area contributed by atoms with Crippen LogP contribution in [0.1, 0.15) is 39.2 Å². The normalized spacial score (nSPS) is 11.4. The third kappa shape index (κ3) is 7.28. The number of nitrogens with one attached hydrogen (secondary N) is 2. The fraction of sp³-hybridized carbons (Fsp3) is 0.556. The van der Waals surface area contributed by atoms with Gasteiger partial charge in [-0.15, -0.1) is 0 Å². The van der Waals surface area contributed by atoms with E-state index in [1.54, 1.807) is 0 Å². The van der Waals surface area contributed by atoms with Crippen molar-refractivity contribution in [2.24, 2.45) is 0 Å². The lowest BCUT2D eigenvalue weighted by molar-refractivity contribution is -0.126. The fourth-order valence-electron chi connectivity index (χ4n) is 2.27. The van der Waals surface area contributed by atoms with E-state index in [0.29, 0.717) is 6.54 Å². The van der Waals surface area contributed by atoms with Gasteiger partial charge in [-0.2, -0.15) is 0 Å². The third-order valence-electron chi connectivity index (χ3n) is 3.43. The van der Waals surface area contributed by atoms with Crippen LogP contribution in [0.25, 0.3) is 0 Å². The van der Waals surface area contributed by atoms with Gasteiger partial charge in [-0.1, -0.05) is 39.0 Å². The zero-order chi connectivity index (χ0) is 17.5. The molecule has 0 bridgehead atoms. The molecule has 0 fully saturated rings. The number of hydrogen-bond acceptors (Lipinski definition) is 3. The minimum atomic E-state index is -0.285. The van der Waals surface area contributed by atoms with Gasteiger partial charge in [-0.25, -0.2) is 0 Å². The molecule has 128 valence electrons. The van der Waals surface area contributed by atoms with E-state index in [0.717, 1.165) is 24.2 Å². The fourth-order valence-corrected chi connectivity index (χ4v) is 2.27. The predicted octanol–water partition coefficient (Wildman–Crippen LogP) is 2.38. The second-order valence-corrected chi connectivity index (χ2v) is 7.03. The molecule has 0 aliphatic carbocycles. The number of carbonyl (C=O) groups is 2. The van der Waals surface area contributed by atoms with Crippen LogP contribution in [-0.2, 0) is 15.0 Å². The second kappa shape index (κ2) is 8.67. The molecular formula is C18H29N3O2. The minimum absolute atomic E-state index is 0.0711. The quantitative estimate of drug-likeness (QED) is 0.599. The summed E-state index contributed by atoms with van der Waals surface area (Å²) in [6.45, 7) is 7.77. The topological polar surface area (TPSA) is 61.4 Å². The summed E-state index contributed by atoms with van der Waals surface area (Å²) >= 11 is 0. The Morgan fingerprint density at radius 2 is 1.74 bits per heavy atom. The Labute approximate surface area is 139 Å². The van der Waals surface area contributed by atoms with E-state index in [4.69, 9.17) is 0 Å². The molecule has 5 nitrogen and oxygen atoms in total. The Hall–Kier alpha value is -1.88. The number of amides is 2. The first-order valence-corrected chi connectivity index (χ1v) is 8.01. The zero-order valence-electron chi connectivity index (χ0n) is 14.9. The zero-order valence-corrected chi connectivity index (χ0v) is 14.9. The van der Waals surface area contributed by atoms with Gasteiger partial charge in [0, 0.05) is 12.2 Å². The molecule has 0 saturated heterocycles. The molecule has 0 heterocycles. The summed E-state index contributed by atoms with van der Waals surface area (Å²) < 4.78 is 0. The summed E-state index contributed by atoms with van der Waals surface area (Å²) in [6.07, 6.45) is 0.716. The molecular weight excluding hydrogens is 290 g/mol. The second-order valence-electron chi connectivity index (χ2n) is 7.03. The van der Waals surface area contributed by atoms with Crippen LogP contribution in [0.5, 0.6) is 0 Å². The number of rotatable bonds is 7. The summed E-state index contributed by atoms with van der Waals surface area (Å²) in [4.78, 5) is 25.9. The monoisotopic (exact) mass is 319 g/mol. The van der Waals surface area contributed by atoms with Crippen molar-refractivity contribution in [3.63, 3.8) is 0 Å². The minimum Gasteiger partial charge on any atom is -0.356 e. The molecule has 23 heavy (non-hydrogen) atoms. The summed E-state index contributed by atoms with van der Waals surface area (Å²) in [5.74, 6) is -0.527. The SMILES string of the molecule is CN(C)CCCNC(=O)CC(=O)Nc1ccccc1C(C)(C)C. The molecule has 0 radical (unpaired) electrons. The van der Waals surface area contributed by atoms with Gasteiger partial charge in [0.05, 0.1) is 0 Å². The molecule has 0 atom stereocenters. The van der Waals surface area contributed by atoms with Crippen LogP contribution in [0.15, 0.2) is 24.3 Å². The maximum Gasteiger partial charge on any atom is 0.233 e. The molecule has 5 heteroatoms. The van der Waals surface area contributed by atoms with Gasteiger partial charge in [0.2, 0.25) is 11.8 Å². The first kappa shape index (κ1) is 19.2. The van der Waals surface area contributed by atoms with Gasteiger partial charge in [-0.05, 0) is 44.1 Å². The van der Waals surface area contributed by atoms with Crippen molar-refractivity contribution in [2.75, 3.05) is 32.5 Å². The van der Waals surface area contributed by atoms with E-state index in [-0.39, 0.29) is 23.7 Å². The van der Waals surface area contributed by atoms with Crippen molar-refractivity contribution in [2.45, 2.75) is 39.0 Å². The molecule has 0 aromatic heterocycles. The van der Waals surface area contributed by atoms with Crippen LogP contribution in [0.2, 0.25) is 0 Å². The Morgan fingerprint density at radius 3 is 2.35 bits per heavy atom. The molecule has 0 unspecified atom stereocenters. The van der Waals surface area contributed by atoms with Gasteiger partial charge in [0.25, 0.3) is 0 Å². The highest BCUT2D eigenvalue weighted by molar-refractivity contribution is 6.03. The molecule has 1 aromatic rings. The number of para-hydroxylation sites is 1. The van der Waals surface area contributed by atoms with Crippen LogP contribution in [0.3, 0.4) is 0 Å². The molecule has 1 rings (SSSR count). The molecule has 0 saturated carbocycles. The highest BCUT2D eigenvalue weighted by atomic mass is 16.2. The average Bonchev–Trinajstić information content (AvgIpc) is 2.42. The van der Waals surface area contributed by atoms with E-state index in [1.807, 2.05) is 38.4 Å². The van der Waals surface area contributed by atoms with Crippen molar-refractivity contribution in [1.29, 1.82) is 0 Å². The Morgan fingerprint density at radius 1 is 1.09 bits per heavy atom. The van der Waals surface area contributed by atoms with Crippen molar-refractivity contribution in [3.05, 3.63) is 29.8 Å². The first-order valence-electron chi connectivity index (χ1n) is 8.01. The van der Waals surface area contributed by atoms with Crippen LogP contribution in [-0.4, -0.2) is 43.9 Å². The average molecular weight is 319 g/mol. The highest BCUT2D eigenvalue weighted by Gasteiger charge is 2.19. The van der Waals surface area contributed by atoms with E-state index < -0.39 is 0 Å². The van der Waals surface area contributed by atoms with E-state index >= 15 is 0 Å². The van der Waals surface area contributed by atoms with Crippen LogP contribution < -0.4 is 10.6 Å². The maximum atomic E-state index is 12.1. The van der Waals surface area contributed by atoms with Gasteiger partial charge < -0.3 is 15.5 Å². The molecule has 1 aromatic carbocycles. The number of carbonyl (C=O) groups excluding carboxylic acids is 2. The lowest BCUT2D eigenvalue weighted by atomic mass is 9.86. The lowest BCUT2D eigenvalue weighted by Crippen LogP contribution is -2.30. The van der Waals surface area contributed by atoms with E-state index in [9.17, 15) is 9.59 Å². The molecule has 0 aliphatic heterocycles. The Balaban J connectivity index is 2.50. The number of nitrogens with zero attached hydrogens (tertiary/aromatic N) is 1. The van der Waals surface area contributed by atoms with Crippen LogP contribution in [0, 0.1) is 0 Å². The van der Waals surface area contributed by atoms with Gasteiger partial charge >= 0.3 is 0 Å². The number of anilines is 1. The highest BCUT2D eigenvalue weighted by Crippen LogP contribution is 2.29.